The van der Waals surface area contributed by atoms with Gasteiger partial charge in [-0.15, -0.1) is 0 Å². The van der Waals surface area contributed by atoms with E-state index in [1.165, 1.54) is 45.1 Å². The van der Waals surface area contributed by atoms with Crippen molar-refractivity contribution in [3.8, 4) is 0 Å². The Morgan fingerprint density at radius 2 is 1.72 bits per heavy atom. The number of nitrogens with one attached hydrogen (secondary N) is 1. The summed E-state index contributed by atoms with van der Waals surface area (Å²) in [6.45, 7) is 10.5. The average molecular weight is 254 g/mol. The normalized spacial score (nSPS) is 26.8. The molecule has 1 aliphatic rings. The highest BCUT2D eigenvalue weighted by Gasteiger charge is 2.26. The van der Waals surface area contributed by atoms with Crippen LogP contribution in [0.2, 0.25) is 0 Å². The number of nitrogens with zero attached hydrogens (tertiary/aromatic N) is 1. The van der Waals surface area contributed by atoms with Gasteiger partial charge in [0.1, 0.15) is 0 Å². The van der Waals surface area contributed by atoms with Crippen molar-refractivity contribution in [3.63, 3.8) is 0 Å². The van der Waals surface area contributed by atoms with E-state index in [1.54, 1.807) is 0 Å². The summed E-state index contributed by atoms with van der Waals surface area (Å²) in [5, 5.41) is 3.67. The van der Waals surface area contributed by atoms with E-state index in [9.17, 15) is 0 Å². The van der Waals surface area contributed by atoms with Gasteiger partial charge in [-0.2, -0.15) is 0 Å². The first-order valence-corrected chi connectivity index (χ1v) is 7.99. The minimum Gasteiger partial charge on any atom is -0.314 e. The van der Waals surface area contributed by atoms with E-state index in [0.29, 0.717) is 0 Å². The minimum atomic E-state index is 0.732. The number of hydrogen-bond acceptors (Lipinski definition) is 2. The molecular formula is C16H34N2. The molecule has 0 aromatic rings. The van der Waals surface area contributed by atoms with Gasteiger partial charge in [-0.3, -0.25) is 0 Å². The first kappa shape index (κ1) is 16.0. The third-order valence-corrected chi connectivity index (χ3v) is 4.46. The molecule has 0 amide bonds. The third kappa shape index (κ3) is 5.27. The summed E-state index contributed by atoms with van der Waals surface area (Å²) in [6, 6.07) is 2.34. The molecule has 0 bridgehead atoms. The number of rotatable bonds is 7. The lowest BCUT2D eigenvalue weighted by Crippen LogP contribution is -2.44. The highest BCUT2D eigenvalue weighted by molar-refractivity contribution is 4.83. The Morgan fingerprint density at radius 3 is 2.22 bits per heavy atom. The molecule has 18 heavy (non-hydrogen) atoms. The second-order valence-corrected chi connectivity index (χ2v) is 6.60. The fraction of sp³-hybridized carbons (Fsp3) is 1.00. The van der Waals surface area contributed by atoms with Gasteiger partial charge < -0.3 is 10.2 Å². The van der Waals surface area contributed by atoms with Crippen molar-refractivity contribution < 1.29 is 0 Å². The summed E-state index contributed by atoms with van der Waals surface area (Å²) in [7, 11) is 2.33. The van der Waals surface area contributed by atoms with Crippen molar-refractivity contribution in [1.29, 1.82) is 0 Å². The zero-order valence-electron chi connectivity index (χ0n) is 13.2. The van der Waals surface area contributed by atoms with Crippen LogP contribution >= 0.6 is 0 Å². The van der Waals surface area contributed by atoms with Gasteiger partial charge in [0, 0.05) is 18.1 Å². The van der Waals surface area contributed by atoms with Crippen LogP contribution in [0.3, 0.4) is 0 Å². The Kier molecular flexibility index (Phi) is 7.25. The molecule has 0 heterocycles. The van der Waals surface area contributed by atoms with Crippen molar-refractivity contribution in [2.45, 2.75) is 84.3 Å². The molecule has 0 aromatic heterocycles. The van der Waals surface area contributed by atoms with Gasteiger partial charge in [-0.1, -0.05) is 20.8 Å². The van der Waals surface area contributed by atoms with Gasteiger partial charge in [0.25, 0.3) is 0 Å². The van der Waals surface area contributed by atoms with Crippen molar-refractivity contribution in [2.24, 2.45) is 5.92 Å². The van der Waals surface area contributed by atoms with Gasteiger partial charge in [0.15, 0.2) is 0 Å². The summed E-state index contributed by atoms with van der Waals surface area (Å²) < 4.78 is 0. The Labute approximate surface area is 115 Å². The van der Waals surface area contributed by atoms with Crippen LogP contribution in [0.25, 0.3) is 0 Å². The maximum absolute atomic E-state index is 3.67. The molecule has 2 nitrogen and oxygen atoms in total. The van der Waals surface area contributed by atoms with Crippen LogP contribution < -0.4 is 5.32 Å². The predicted octanol–water partition coefficient (Wildman–Crippen LogP) is 3.66. The van der Waals surface area contributed by atoms with Crippen LogP contribution in [0.15, 0.2) is 0 Å². The summed E-state index contributed by atoms with van der Waals surface area (Å²) in [5.41, 5.74) is 0. The molecule has 108 valence electrons. The molecule has 0 aliphatic heterocycles. The average Bonchev–Trinajstić information content (AvgIpc) is 2.35. The van der Waals surface area contributed by atoms with Crippen molar-refractivity contribution in [2.75, 3.05) is 13.6 Å². The van der Waals surface area contributed by atoms with Crippen LogP contribution in [-0.2, 0) is 0 Å². The topological polar surface area (TPSA) is 15.3 Å². The van der Waals surface area contributed by atoms with E-state index >= 15 is 0 Å². The quantitative estimate of drug-likeness (QED) is 0.746. The zero-order valence-corrected chi connectivity index (χ0v) is 13.2. The fourth-order valence-corrected chi connectivity index (χ4v) is 3.24. The predicted molar refractivity (Wildman–Crippen MR) is 81.0 cm³/mol. The van der Waals surface area contributed by atoms with Gasteiger partial charge in [-0.25, -0.2) is 0 Å². The molecule has 2 heteroatoms. The lowest BCUT2D eigenvalue weighted by Gasteiger charge is -2.38. The first-order chi connectivity index (χ1) is 8.54. The SMILES string of the molecule is CCCNC1CCC(N(C)C(C)CC(C)C)CC1. The summed E-state index contributed by atoms with van der Waals surface area (Å²) >= 11 is 0. The first-order valence-electron chi connectivity index (χ1n) is 7.99. The van der Waals surface area contributed by atoms with Gasteiger partial charge >= 0.3 is 0 Å². The standard InChI is InChI=1S/C16H34N2/c1-6-11-17-15-7-9-16(10-8-15)18(5)14(4)12-13(2)3/h13-17H,6-12H2,1-5H3. The monoisotopic (exact) mass is 254 g/mol. The second kappa shape index (κ2) is 8.16. The molecule has 1 aliphatic carbocycles. The summed E-state index contributed by atoms with van der Waals surface area (Å²) in [6.07, 6.45) is 8.06. The molecule has 1 unspecified atom stereocenters. The lowest BCUT2D eigenvalue weighted by molar-refractivity contribution is 0.122. The highest BCUT2D eigenvalue weighted by atomic mass is 15.2. The van der Waals surface area contributed by atoms with Crippen molar-refractivity contribution in [1.82, 2.24) is 10.2 Å². The molecule has 0 spiro atoms. The maximum Gasteiger partial charge on any atom is 0.00961 e. The third-order valence-electron chi connectivity index (χ3n) is 4.46. The van der Waals surface area contributed by atoms with Crippen molar-refractivity contribution >= 4 is 0 Å². The van der Waals surface area contributed by atoms with E-state index in [2.05, 4.69) is 45.0 Å². The molecule has 0 radical (unpaired) electrons. The van der Waals surface area contributed by atoms with Gasteiger partial charge in [-0.05, 0) is 65.0 Å². The molecule has 0 aromatic carbocycles. The second-order valence-electron chi connectivity index (χ2n) is 6.60. The molecular weight excluding hydrogens is 220 g/mol. The molecule has 1 rings (SSSR count). The Balaban J connectivity index is 2.28. The van der Waals surface area contributed by atoms with Crippen molar-refractivity contribution in [3.05, 3.63) is 0 Å². The molecule has 1 N–H and O–H groups in total. The van der Waals surface area contributed by atoms with E-state index in [0.717, 1.165) is 24.0 Å². The number of hydrogen-bond donors (Lipinski definition) is 1. The van der Waals surface area contributed by atoms with E-state index < -0.39 is 0 Å². The Bertz CT molecular complexity index is 207. The van der Waals surface area contributed by atoms with E-state index in [1.807, 2.05) is 0 Å². The largest absolute Gasteiger partial charge is 0.314 e. The Hall–Kier alpha value is -0.0800. The van der Waals surface area contributed by atoms with Crippen LogP contribution in [0.5, 0.6) is 0 Å². The molecule has 1 saturated carbocycles. The van der Waals surface area contributed by atoms with Gasteiger partial charge in [0.05, 0.1) is 0 Å². The smallest absolute Gasteiger partial charge is 0.00961 e. The molecule has 1 atom stereocenters. The van der Waals surface area contributed by atoms with Crippen LogP contribution in [-0.4, -0.2) is 36.6 Å². The minimum absolute atomic E-state index is 0.732. The fourth-order valence-electron chi connectivity index (χ4n) is 3.24. The molecule has 0 saturated heterocycles. The highest BCUT2D eigenvalue weighted by Crippen LogP contribution is 2.25. The Morgan fingerprint density at radius 1 is 1.11 bits per heavy atom. The van der Waals surface area contributed by atoms with Crippen LogP contribution in [0, 0.1) is 5.92 Å². The lowest BCUT2D eigenvalue weighted by atomic mass is 9.89. The maximum atomic E-state index is 3.67. The van der Waals surface area contributed by atoms with E-state index in [-0.39, 0.29) is 0 Å². The van der Waals surface area contributed by atoms with Gasteiger partial charge in [0.2, 0.25) is 0 Å². The summed E-state index contributed by atoms with van der Waals surface area (Å²) in [5.74, 6) is 0.810. The zero-order chi connectivity index (χ0) is 13.5. The van der Waals surface area contributed by atoms with Crippen LogP contribution in [0.4, 0.5) is 0 Å². The summed E-state index contributed by atoms with van der Waals surface area (Å²) in [4.78, 5) is 2.63. The van der Waals surface area contributed by atoms with E-state index in [4.69, 9.17) is 0 Å². The van der Waals surface area contributed by atoms with Crippen LogP contribution in [0.1, 0.15) is 66.2 Å². The molecule has 1 fully saturated rings.